The summed E-state index contributed by atoms with van der Waals surface area (Å²) in [6.07, 6.45) is 4.93. The minimum Gasteiger partial charge on any atom is -0.338 e. The summed E-state index contributed by atoms with van der Waals surface area (Å²) < 4.78 is 0.911. The van der Waals surface area contributed by atoms with E-state index in [9.17, 15) is 4.79 Å². The standard InChI is InChI=1S/C17H23BrN2O/c1-13-4-5-15(16(18)12-13)17(21)20-10-6-14(7-11-20)19-8-2-3-9-19/h4-5,12,14H,2-3,6-11H2,1H3. The van der Waals surface area contributed by atoms with E-state index < -0.39 is 0 Å². The summed E-state index contributed by atoms with van der Waals surface area (Å²) in [5.74, 6) is 0.168. The number of carbonyl (C=O) groups is 1. The molecule has 0 radical (unpaired) electrons. The number of aryl methyl sites for hydroxylation is 1. The molecule has 0 atom stereocenters. The van der Waals surface area contributed by atoms with Gasteiger partial charge >= 0.3 is 0 Å². The predicted octanol–water partition coefficient (Wildman–Crippen LogP) is 3.46. The van der Waals surface area contributed by atoms with E-state index in [1.807, 2.05) is 30.0 Å². The number of nitrogens with zero attached hydrogens (tertiary/aromatic N) is 2. The van der Waals surface area contributed by atoms with Gasteiger partial charge in [0.1, 0.15) is 0 Å². The van der Waals surface area contributed by atoms with Crippen LogP contribution in [0.5, 0.6) is 0 Å². The molecule has 0 aliphatic carbocycles. The molecular weight excluding hydrogens is 328 g/mol. The molecule has 0 aromatic heterocycles. The van der Waals surface area contributed by atoms with Crippen LogP contribution in [0.2, 0.25) is 0 Å². The molecule has 1 aromatic carbocycles. The summed E-state index contributed by atoms with van der Waals surface area (Å²) in [7, 11) is 0. The van der Waals surface area contributed by atoms with Gasteiger partial charge in [-0.2, -0.15) is 0 Å². The lowest BCUT2D eigenvalue weighted by atomic mass is 10.0. The van der Waals surface area contributed by atoms with Gasteiger partial charge in [-0.1, -0.05) is 6.07 Å². The molecule has 1 amide bonds. The van der Waals surface area contributed by atoms with Crippen LogP contribution in [0.4, 0.5) is 0 Å². The first-order valence-corrected chi connectivity index (χ1v) is 8.74. The highest BCUT2D eigenvalue weighted by atomic mass is 79.9. The van der Waals surface area contributed by atoms with E-state index in [0.29, 0.717) is 6.04 Å². The molecular formula is C17H23BrN2O. The fourth-order valence-corrected chi connectivity index (χ4v) is 4.17. The average Bonchev–Trinajstić information content (AvgIpc) is 3.01. The van der Waals surface area contributed by atoms with E-state index in [4.69, 9.17) is 0 Å². The topological polar surface area (TPSA) is 23.6 Å². The number of hydrogen-bond acceptors (Lipinski definition) is 2. The largest absolute Gasteiger partial charge is 0.338 e. The van der Waals surface area contributed by atoms with Crippen molar-refractivity contribution >= 4 is 21.8 Å². The average molecular weight is 351 g/mol. The Hall–Kier alpha value is -0.870. The van der Waals surface area contributed by atoms with Crippen LogP contribution in [0.1, 0.15) is 41.6 Å². The van der Waals surface area contributed by atoms with Crippen molar-refractivity contribution in [2.45, 2.75) is 38.6 Å². The Morgan fingerprint density at radius 2 is 1.81 bits per heavy atom. The molecule has 0 bridgehead atoms. The molecule has 2 aliphatic rings. The van der Waals surface area contributed by atoms with E-state index >= 15 is 0 Å². The number of carbonyl (C=O) groups excluding carboxylic acids is 1. The Morgan fingerprint density at radius 1 is 1.14 bits per heavy atom. The molecule has 3 rings (SSSR count). The zero-order chi connectivity index (χ0) is 14.8. The van der Waals surface area contributed by atoms with E-state index in [0.717, 1.165) is 36.0 Å². The van der Waals surface area contributed by atoms with Crippen LogP contribution in [0.3, 0.4) is 0 Å². The molecule has 0 saturated carbocycles. The molecule has 2 aliphatic heterocycles. The summed E-state index contributed by atoms with van der Waals surface area (Å²) in [5.41, 5.74) is 1.96. The zero-order valence-electron chi connectivity index (χ0n) is 12.6. The van der Waals surface area contributed by atoms with Crippen LogP contribution in [0.15, 0.2) is 22.7 Å². The lowest BCUT2D eigenvalue weighted by Crippen LogP contribution is -2.46. The van der Waals surface area contributed by atoms with Crippen molar-refractivity contribution in [1.82, 2.24) is 9.80 Å². The van der Waals surface area contributed by atoms with Crippen molar-refractivity contribution < 1.29 is 4.79 Å². The van der Waals surface area contributed by atoms with Crippen LogP contribution < -0.4 is 0 Å². The maximum atomic E-state index is 12.6. The molecule has 21 heavy (non-hydrogen) atoms. The van der Waals surface area contributed by atoms with Crippen LogP contribution in [-0.2, 0) is 0 Å². The summed E-state index contributed by atoms with van der Waals surface area (Å²) in [5, 5.41) is 0. The normalized spacial score (nSPS) is 21.0. The molecule has 2 heterocycles. The number of benzene rings is 1. The van der Waals surface area contributed by atoms with E-state index in [2.05, 4.69) is 20.8 Å². The van der Waals surface area contributed by atoms with E-state index in [-0.39, 0.29) is 5.91 Å². The smallest absolute Gasteiger partial charge is 0.254 e. The fraction of sp³-hybridized carbons (Fsp3) is 0.588. The first-order valence-electron chi connectivity index (χ1n) is 7.94. The number of piperidine rings is 1. The highest BCUT2D eigenvalue weighted by Crippen LogP contribution is 2.24. The maximum absolute atomic E-state index is 12.6. The Labute approximate surface area is 135 Å². The van der Waals surface area contributed by atoms with Gasteiger partial charge in [0, 0.05) is 23.6 Å². The zero-order valence-corrected chi connectivity index (χ0v) is 14.2. The van der Waals surface area contributed by atoms with Crippen LogP contribution in [-0.4, -0.2) is 47.9 Å². The highest BCUT2D eigenvalue weighted by Gasteiger charge is 2.29. The lowest BCUT2D eigenvalue weighted by molar-refractivity contribution is 0.0643. The van der Waals surface area contributed by atoms with Crippen molar-refractivity contribution in [3.05, 3.63) is 33.8 Å². The Kier molecular flexibility index (Phi) is 4.65. The number of halogens is 1. The summed E-state index contributed by atoms with van der Waals surface area (Å²) in [6, 6.07) is 6.66. The van der Waals surface area contributed by atoms with Crippen LogP contribution in [0, 0.1) is 6.92 Å². The third kappa shape index (κ3) is 3.32. The van der Waals surface area contributed by atoms with Gasteiger partial charge in [0.2, 0.25) is 0 Å². The van der Waals surface area contributed by atoms with Gasteiger partial charge in [0.05, 0.1) is 5.56 Å². The second-order valence-corrected chi connectivity index (χ2v) is 7.10. The maximum Gasteiger partial charge on any atom is 0.254 e. The van der Waals surface area contributed by atoms with Gasteiger partial charge in [-0.3, -0.25) is 4.79 Å². The molecule has 114 valence electrons. The van der Waals surface area contributed by atoms with Crippen molar-refractivity contribution in [3.8, 4) is 0 Å². The Morgan fingerprint density at radius 3 is 2.43 bits per heavy atom. The third-order valence-corrected chi connectivity index (χ3v) is 5.42. The van der Waals surface area contributed by atoms with Crippen molar-refractivity contribution in [2.75, 3.05) is 26.2 Å². The molecule has 1 aromatic rings. The minimum absolute atomic E-state index is 0.168. The second kappa shape index (κ2) is 6.49. The van der Waals surface area contributed by atoms with Crippen molar-refractivity contribution in [3.63, 3.8) is 0 Å². The Bertz CT molecular complexity index is 518. The monoisotopic (exact) mass is 350 g/mol. The van der Waals surface area contributed by atoms with Gasteiger partial charge in [-0.05, 0) is 79.3 Å². The van der Waals surface area contributed by atoms with Crippen LogP contribution in [0.25, 0.3) is 0 Å². The molecule has 2 saturated heterocycles. The van der Waals surface area contributed by atoms with Gasteiger partial charge in [0.15, 0.2) is 0 Å². The van der Waals surface area contributed by atoms with E-state index in [1.165, 1.54) is 31.5 Å². The Balaban J connectivity index is 1.62. The minimum atomic E-state index is 0.168. The fourth-order valence-electron chi connectivity index (χ4n) is 3.50. The molecule has 2 fully saturated rings. The predicted molar refractivity (Wildman–Crippen MR) is 88.6 cm³/mol. The number of amides is 1. The first-order chi connectivity index (χ1) is 10.1. The van der Waals surface area contributed by atoms with Crippen molar-refractivity contribution in [2.24, 2.45) is 0 Å². The quantitative estimate of drug-likeness (QED) is 0.815. The summed E-state index contributed by atoms with van der Waals surface area (Å²) in [4.78, 5) is 17.3. The van der Waals surface area contributed by atoms with Gasteiger partial charge in [0.25, 0.3) is 5.91 Å². The van der Waals surface area contributed by atoms with Gasteiger partial charge < -0.3 is 9.80 Å². The number of hydrogen-bond donors (Lipinski definition) is 0. The van der Waals surface area contributed by atoms with Crippen molar-refractivity contribution in [1.29, 1.82) is 0 Å². The SMILES string of the molecule is Cc1ccc(C(=O)N2CCC(N3CCCC3)CC2)c(Br)c1. The van der Waals surface area contributed by atoms with E-state index in [1.54, 1.807) is 0 Å². The molecule has 0 spiro atoms. The number of rotatable bonds is 2. The van der Waals surface area contributed by atoms with Gasteiger partial charge in [-0.15, -0.1) is 0 Å². The van der Waals surface area contributed by atoms with Gasteiger partial charge in [-0.25, -0.2) is 0 Å². The molecule has 4 heteroatoms. The van der Waals surface area contributed by atoms with Crippen LogP contribution >= 0.6 is 15.9 Å². The highest BCUT2D eigenvalue weighted by molar-refractivity contribution is 9.10. The molecule has 0 unspecified atom stereocenters. The first kappa shape index (κ1) is 15.0. The number of likely N-dealkylation sites (tertiary alicyclic amines) is 2. The summed E-state index contributed by atoms with van der Waals surface area (Å²) in [6.45, 7) is 6.32. The molecule has 3 nitrogen and oxygen atoms in total. The third-order valence-electron chi connectivity index (χ3n) is 4.76. The lowest BCUT2D eigenvalue weighted by Gasteiger charge is -2.36. The summed E-state index contributed by atoms with van der Waals surface area (Å²) >= 11 is 3.52. The molecule has 0 N–H and O–H groups in total. The second-order valence-electron chi connectivity index (χ2n) is 6.25.